The first-order valence-electron chi connectivity index (χ1n) is 15.3. The smallest absolute Gasteiger partial charge is 0.163 e. The van der Waals surface area contributed by atoms with Crippen molar-refractivity contribution in [3.8, 4) is 0 Å². The number of hydrogen-bond donors (Lipinski definition) is 2. The summed E-state index contributed by atoms with van der Waals surface area (Å²) in [5, 5.41) is 20.3. The van der Waals surface area contributed by atoms with Crippen LogP contribution in [-0.2, 0) is 28.4 Å². The van der Waals surface area contributed by atoms with Crippen molar-refractivity contribution in [1.29, 1.82) is 0 Å². The van der Waals surface area contributed by atoms with Gasteiger partial charge in [-0.25, -0.2) is 0 Å². The molecule has 10 heteroatoms. The summed E-state index contributed by atoms with van der Waals surface area (Å²) < 4.78 is 35.5. The van der Waals surface area contributed by atoms with Gasteiger partial charge in [-0.2, -0.15) is 0 Å². The molecule has 4 aliphatic heterocycles. The van der Waals surface area contributed by atoms with Crippen molar-refractivity contribution in [1.82, 2.24) is 0 Å². The molecule has 1 aromatic rings. The maximum Gasteiger partial charge on any atom is 0.163 e. The summed E-state index contributed by atoms with van der Waals surface area (Å²) in [7, 11) is 0. The molecule has 245 valence electrons. The van der Waals surface area contributed by atoms with Crippen molar-refractivity contribution >= 4 is 11.8 Å². The van der Waals surface area contributed by atoms with Crippen LogP contribution in [0.2, 0.25) is 0 Å². The van der Waals surface area contributed by atoms with Gasteiger partial charge in [-0.1, -0.05) is 65.1 Å². The number of aliphatic hydroxyl groups is 2. The molecule has 0 amide bonds. The van der Waals surface area contributed by atoms with Crippen LogP contribution in [0, 0.1) is 67.7 Å². The molecule has 43 heavy (non-hydrogen) atoms. The van der Waals surface area contributed by atoms with Crippen molar-refractivity contribution in [2.75, 3.05) is 19.8 Å². The number of ether oxygens (including phenoxy) is 6. The van der Waals surface area contributed by atoms with E-state index in [9.17, 15) is 10.2 Å². The summed E-state index contributed by atoms with van der Waals surface area (Å²) >= 11 is 1.51. The van der Waals surface area contributed by atoms with Gasteiger partial charge in [0.05, 0.1) is 37.6 Å². The molecule has 8 nitrogen and oxygen atoms in total. The van der Waals surface area contributed by atoms with Gasteiger partial charge in [-0.15, -0.1) is 0 Å². The normalized spacial score (nSPS) is 38.5. The Morgan fingerprint density at radius 2 is 1.33 bits per heavy atom. The maximum atomic E-state index is 10.8. The van der Waals surface area contributed by atoms with E-state index in [1.807, 2.05) is 58.0 Å². The first-order valence-corrected chi connectivity index (χ1v) is 16.2. The Hall–Kier alpha value is 0.692. The summed E-state index contributed by atoms with van der Waals surface area (Å²) in [6.07, 6.45) is 1.94. The van der Waals surface area contributed by atoms with E-state index in [0.717, 1.165) is 17.7 Å². The van der Waals surface area contributed by atoms with Gasteiger partial charge in [-0.05, 0) is 64.5 Å². The monoisotopic (exact) mass is 839 g/mol. The van der Waals surface area contributed by atoms with Crippen molar-refractivity contribution in [3.63, 3.8) is 0 Å². The average molecular weight is 840 g/mol. The minimum Gasteiger partial charge on any atom is -0.396 e. The largest absolute Gasteiger partial charge is 0.396 e. The third kappa shape index (κ3) is 9.86. The van der Waals surface area contributed by atoms with E-state index in [1.165, 1.54) is 11.8 Å². The van der Waals surface area contributed by atoms with Crippen LogP contribution in [0.25, 0.3) is 0 Å². The number of thioether (sulfide) groups is 1. The summed E-state index contributed by atoms with van der Waals surface area (Å²) in [5.74, 6) is -0.233. The average Bonchev–Trinajstić information content (AvgIpc) is 3.67. The first-order chi connectivity index (χ1) is 19.4. The van der Waals surface area contributed by atoms with E-state index in [4.69, 9.17) is 28.4 Å². The fourth-order valence-electron chi connectivity index (χ4n) is 6.80. The Kier molecular flexibility index (Phi) is 15.9. The number of hydrogen-bond acceptors (Lipinski definition) is 9. The van der Waals surface area contributed by atoms with Gasteiger partial charge in [-0.3, -0.25) is 0 Å². The Labute approximate surface area is 300 Å². The molecule has 4 heterocycles. The van der Waals surface area contributed by atoms with E-state index in [2.05, 4.69) is 27.7 Å². The molecule has 0 saturated carbocycles. The van der Waals surface area contributed by atoms with E-state index in [0.29, 0.717) is 19.1 Å². The molecular weight excluding hydrogens is 783 g/mol. The van der Waals surface area contributed by atoms with Crippen LogP contribution in [0.4, 0.5) is 0 Å². The standard InChI is InChI=1S/C19H28O4S.C13H24O4.CH4.Ac/c1-5-14-16(18(20)24-13-9-7-6-8-10-13)12(2)17(22-14)15-11-21-19(3,4)23-15;1-5-10-9(6-14)8(2)12(16-10)11-7-15-13(3,4)17-11;;/h6-10,12,14-18,20H,5,11H2,1-4H3;8-12,14H,5-7H2,1-4H3;1H4;. The first kappa shape index (κ1) is 39.9. The zero-order valence-corrected chi connectivity index (χ0v) is 32.2. The van der Waals surface area contributed by atoms with Crippen LogP contribution < -0.4 is 0 Å². The van der Waals surface area contributed by atoms with Crippen LogP contribution >= 0.6 is 11.8 Å². The Bertz CT molecular complexity index is 952. The summed E-state index contributed by atoms with van der Waals surface area (Å²) in [4.78, 5) is 1.08. The Morgan fingerprint density at radius 3 is 1.74 bits per heavy atom. The number of aliphatic hydroxyl groups excluding tert-OH is 2. The molecule has 4 aliphatic rings. The van der Waals surface area contributed by atoms with Gasteiger partial charge in [0.15, 0.2) is 11.6 Å². The van der Waals surface area contributed by atoms with Crippen molar-refractivity contribution in [2.45, 2.75) is 134 Å². The Balaban J connectivity index is 0.000000302. The third-order valence-electron chi connectivity index (χ3n) is 9.03. The molecule has 2 N–H and O–H groups in total. The molecule has 4 saturated heterocycles. The molecule has 5 rings (SSSR count). The molecule has 0 bridgehead atoms. The number of benzene rings is 1. The minimum absolute atomic E-state index is 0. The second-order valence-electron chi connectivity index (χ2n) is 12.8. The molecular formula is C33H56AcO8S. The van der Waals surface area contributed by atoms with Crippen molar-refractivity contribution in [2.24, 2.45) is 23.7 Å². The molecule has 0 aromatic heterocycles. The predicted molar refractivity (Wildman–Crippen MR) is 165 cm³/mol. The van der Waals surface area contributed by atoms with Crippen molar-refractivity contribution < 1.29 is 82.7 Å². The van der Waals surface area contributed by atoms with Gasteiger partial charge in [0.2, 0.25) is 0 Å². The van der Waals surface area contributed by atoms with Crippen molar-refractivity contribution in [3.05, 3.63) is 30.3 Å². The summed E-state index contributed by atoms with van der Waals surface area (Å²) in [6.45, 7) is 17.5. The second-order valence-corrected chi connectivity index (χ2v) is 14.0. The van der Waals surface area contributed by atoms with E-state index >= 15 is 0 Å². The summed E-state index contributed by atoms with van der Waals surface area (Å²) in [5.41, 5.74) is -0.493. The van der Waals surface area contributed by atoms with E-state index in [-0.39, 0.29) is 112 Å². The summed E-state index contributed by atoms with van der Waals surface area (Å²) in [6, 6.07) is 10.0. The SMILES string of the molecule is C.CCC1OC(C2COC(C)(C)O2)C(C)C1C(O)Sc1ccccc1.CCC1OC(C2COC(C)(C)O2)C(C)C1CO.[Ac]. The van der Waals surface area contributed by atoms with Gasteiger partial charge in [0.1, 0.15) is 17.6 Å². The van der Waals surface area contributed by atoms with Gasteiger partial charge in [0.25, 0.3) is 0 Å². The zero-order valence-electron chi connectivity index (χ0n) is 26.6. The maximum absolute atomic E-state index is 10.8. The topological polar surface area (TPSA) is 95.8 Å². The van der Waals surface area contributed by atoms with Crippen LogP contribution in [0.15, 0.2) is 35.2 Å². The molecule has 0 spiro atoms. The molecule has 1 radical (unpaired) electrons. The predicted octanol–water partition coefficient (Wildman–Crippen LogP) is 5.87. The van der Waals surface area contributed by atoms with Crippen LogP contribution in [0.1, 0.15) is 75.7 Å². The Morgan fingerprint density at radius 1 is 0.837 bits per heavy atom. The van der Waals surface area contributed by atoms with Crippen LogP contribution in [-0.4, -0.2) is 83.7 Å². The third-order valence-corrected chi connectivity index (χ3v) is 10.1. The number of rotatable bonds is 8. The second kappa shape index (κ2) is 17.2. The molecule has 1 aromatic carbocycles. The van der Waals surface area contributed by atoms with Crippen LogP contribution in [0.3, 0.4) is 0 Å². The van der Waals surface area contributed by atoms with E-state index in [1.54, 1.807) is 0 Å². The fourth-order valence-corrected chi connectivity index (χ4v) is 7.97. The molecule has 11 unspecified atom stereocenters. The van der Waals surface area contributed by atoms with Gasteiger partial charge in [0, 0.05) is 67.4 Å². The fraction of sp³-hybridized carbons (Fsp3) is 0.818. The van der Waals surface area contributed by atoms with E-state index < -0.39 is 17.0 Å². The quantitative estimate of drug-likeness (QED) is 0.246. The zero-order chi connectivity index (χ0) is 29.9. The molecule has 4 fully saturated rings. The molecule has 0 aliphatic carbocycles. The van der Waals surface area contributed by atoms with Crippen LogP contribution in [0.5, 0.6) is 0 Å². The molecule has 11 atom stereocenters. The van der Waals surface area contributed by atoms with Gasteiger partial charge < -0.3 is 38.6 Å². The van der Waals surface area contributed by atoms with Gasteiger partial charge >= 0.3 is 0 Å². The minimum atomic E-state index is -0.551.